The fourth-order valence-corrected chi connectivity index (χ4v) is 2.90. The molecule has 0 radical (unpaired) electrons. The lowest BCUT2D eigenvalue weighted by Gasteiger charge is -2.30. The van der Waals surface area contributed by atoms with Crippen LogP contribution in [0, 0.1) is 11.3 Å². The molecule has 1 aliphatic rings. The Hall–Kier alpha value is -0.680. The Kier molecular flexibility index (Phi) is 5.85. The first kappa shape index (κ1) is 14.4. The Labute approximate surface area is 102 Å². The van der Waals surface area contributed by atoms with Crippen LogP contribution in [0.2, 0.25) is 0 Å². The van der Waals surface area contributed by atoms with Crippen molar-refractivity contribution in [3.8, 4) is 6.07 Å². The maximum atomic E-state index is 11.6. The van der Waals surface area contributed by atoms with Crippen molar-refractivity contribution in [3.05, 3.63) is 0 Å². The lowest BCUT2D eigenvalue weighted by atomic mass is 10.1. The van der Waals surface area contributed by atoms with Crippen molar-refractivity contribution in [2.24, 2.45) is 5.73 Å². The molecule has 0 bridgehead atoms. The molecular weight excluding hydrogens is 242 g/mol. The minimum atomic E-state index is -3.39. The van der Waals surface area contributed by atoms with E-state index in [2.05, 4.69) is 0 Å². The summed E-state index contributed by atoms with van der Waals surface area (Å²) < 4.78 is 30.1. The van der Waals surface area contributed by atoms with E-state index in [1.807, 2.05) is 0 Å². The standard InChI is InChI=1S/C10H19N3O3S/c11-4-1-8-16-10-2-6-13(7-3-10)17(14,15)9-5-12/h10H,1-4,6-9,11H2. The third-order valence-electron chi connectivity index (χ3n) is 2.74. The van der Waals surface area contributed by atoms with Crippen LogP contribution in [-0.4, -0.2) is 50.8 Å². The van der Waals surface area contributed by atoms with Crippen molar-refractivity contribution in [1.29, 1.82) is 5.26 Å². The molecular formula is C10H19N3O3S. The highest BCUT2D eigenvalue weighted by molar-refractivity contribution is 7.89. The topological polar surface area (TPSA) is 96.4 Å². The molecule has 0 amide bonds. The number of ether oxygens (including phenoxy) is 1. The third kappa shape index (κ3) is 4.60. The van der Waals surface area contributed by atoms with E-state index in [4.69, 9.17) is 15.7 Å². The van der Waals surface area contributed by atoms with Gasteiger partial charge in [-0.1, -0.05) is 0 Å². The summed E-state index contributed by atoms with van der Waals surface area (Å²) in [6.07, 6.45) is 2.33. The number of rotatable bonds is 6. The normalized spacial score (nSPS) is 19.1. The first-order valence-electron chi connectivity index (χ1n) is 5.76. The quantitative estimate of drug-likeness (QED) is 0.660. The molecule has 7 heteroatoms. The second-order valence-corrected chi connectivity index (χ2v) is 5.99. The fourth-order valence-electron chi connectivity index (χ4n) is 1.78. The highest BCUT2D eigenvalue weighted by Gasteiger charge is 2.27. The van der Waals surface area contributed by atoms with Gasteiger partial charge in [-0.2, -0.15) is 5.26 Å². The number of hydrogen-bond acceptors (Lipinski definition) is 5. The van der Waals surface area contributed by atoms with E-state index in [0.29, 0.717) is 39.1 Å². The van der Waals surface area contributed by atoms with Gasteiger partial charge in [0.2, 0.25) is 10.0 Å². The van der Waals surface area contributed by atoms with E-state index in [0.717, 1.165) is 6.42 Å². The molecule has 0 spiro atoms. The predicted octanol–water partition coefficient (Wildman–Crippen LogP) is -0.330. The zero-order valence-corrected chi connectivity index (χ0v) is 10.7. The van der Waals surface area contributed by atoms with E-state index in [9.17, 15) is 8.42 Å². The number of nitrogens with two attached hydrogens (primary N) is 1. The van der Waals surface area contributed by atoms with Crippen LogP contribution in [-0.2, 0) is 14.8 Å². The van der Waals surface area contributed by atoms with Crippen LogP contribution in [0.15, 0.2) is 0 Å². The molecule has 1 aliphatic heterocycles. The minimum Gasteiger partial charge on any atom is -0.378 e. The fraction of sp³-hybridized carbons (Fsp3) is 0.900. The second-order valence-electron chi connectivity index (χ2n) is 4.03. The van der Waals surface area contributed by atoms with Gasteiger partial charge in [-0.25, -0.2) is 12.7 Å². The van der Waals surface area contributed by atoms with E-state index < -0.39 is 15.8 Å². The molecule has 1 heterocycles. The van der Waals surface area contributed by atoms with Crippen LogP contribution in [0.25, 0.3) is 0 Å². The third-order valence-corrected chi connectivity index (χ3v) is 4.39. The first-order chi connectivity index (χ1) is 8.10. The van der Waals surface area contributed by atoms with Gasteiger partial charge in [-0.05, 0) is 25.8 Å². The van der Waals surface area contributed by atoms with Crippen LogP contribution in [0.1, 0.15) is 19.3 Å². The summed E-state index contributed by atoms with van der Waals surface area (Å²) in [5.41, 5.74) is 5.36. The Morgan fingerprint density at radius 2 is 2.06 bits per heavy atom. The molecule has 2 N–H and O–H groups in total. The monoisotopic (exact) mass is 261 g/mol. The van der Waals surface area contributed by atoms with Gasteiger partial charge in [0.05, 0.1) is 12.2 Å². The molecule has 17 heavy (non-hydrogen) atoms. The SMILES string of the molecule is N#CCS(=O)(=O)N1CCC(OCCCN)CC1. The second kappa shape index (κ2) is 6.91. The Balaban J connectivity index is 2.33. The largest absolute Gasteiger partial charge is 0.378 e. The van der Waals surface area contributed by atoms with Gasteiger partial charge in [0.1, 0.15) is 0 Å². The Morgan fingerprint density at radius 3 is 2.59 bits per heavy atom. The smallest absolute Gasteiger partial charge is 0.227 e. The lowest BCUT2D eigenvalue weighted by Crippen LogP contribution is -2.41. The van der Waals surface area contributed by atoms with Gasteiger partial charge in [-0.15, -0.1) is 0 Å². The molecule has 0 aromatic rings. The van der Waals surface area contributed by atoms with Gasteiger partial charge in [-0.3, -0.25) is 0 Å². The summed E-state index contributed by atoms with van der Waals surface area (Å²) in [7, 11) is -3.39. The van der Waals surface area contributed by atoms with Gasteiger partial charge in [0.15, 0.2) is 5.75 Å². The predicted molar refractivity (Wildman–Crippen MR) is 63.6 cm³/mol. The van der Waals surface area contributed by atoms with Gasteiger partial charge < -0.3 is 10.5 Å². The summed E-state index contributed by atoms with van der Waals surface area (Å²) in [5.74, 6) is -0.439. The molecule has 6 nitrogen and oxygen atoms in total. The molecule has 1 rings (SSSR count). The van der Waals surface area contributed by atoms with Crippen LogP contribution in [0.4, 0.5) is 0 Å². The van der Waals surface area contributed by atoms with E-state index in [1.54, 1.807) is 6.07 Å². The van der Waals surface area contributed by atoms with E-state index >= 15 is 0 Å². The maximum absolute atomic E-state index is 11.6. The maximum Gasteiger partial charge on any atom is 0.227 e. The van der Waals surface area contributed by atoms with Gasteiger partial charge in [0.25, 0.3) is 0 Å². The number of hydrogen-bond donors (Lipinski definition) is 1. The number of sulfonamides is 1. The number of piperidine rings is 1. The van der Waals surface area contributed by atoms with E-state index in [-0.39, 0.29) is 6.10 Å². The molecule has 0 aromatic heterocycles. The molecule has 0 unspecified atom stereocenters. The van der Waals surface area contributed by atoms with Gasteiger partial charge in [0, 0.05) is 19.7 Å². The molecule has 0 aliphatic carbocycles. The highest BCUT2D eigenvalue weighted by Crippen LogP contribution is 2.16. The summed E-state index contributed by atoms with van der Waals surface area (Å²) in [4.78, 5) is 0. The average molecular weight is 261 g/mol. The molecule has 98 valence electrons. The van der Waals surface area contributed by atoms with Gasteiger partial charge >= 0.3 is 0 Å². The molecule has 0 atom stereocenters. The highest BCUT2D eigenvalue weighted by atomic mass is 32.2. The van der Waals surface area contributed by atoms with Crippen molar-refractivity contribution < 1.29 is 13.2 Å². The van der Waals surface area contributed by atoms with Crippen molar-refractivity contribution >= 4 is 10.0 Å². The van der Waals surface area contributed by atoms with Crippen molar-refractivity contribution in [2.75, 3.05) is 32.0 Å². The average Bonchev–Trinajstić information content (AvgIpc) is 2.30. The van der Waals surface area contributed by atoms with Crippen molar-refractivity contribution in [3.63, 3.8) is 0 Å². The summed E-state index contributed by atoms with van der Waals surface area (Å²) in [6, 6.07) is 1.68. The molecule has 0 aromatic carbocycles. The van der Waals surface area contributed by atoms with Crippen molar-refractivity contribution in [1.82, 2.24) is 4.31 Å². The van der Waals surface area contributed by atoms with Crippen LogP contribution >= 0.6 is 0 Å². The first-order valence-corrected chi connectivity index (χ1v) is 7.37. The zero-order valence-electron chi connectivity index (χ0n) is 9.84. The molecule has 0 saturated carbocycles. The summed E-state index contributed by atoms with van der Waals surface area (Å²) >= 11 is 0. The zero-order chi connectivity index (χ0) is 12.7. The van der Waals surface area contributed by atoms with Crippen LogP contribution in [0.3, 0.4) is 0 Å². The summed E-state index contributed by atoms with van der Waals surface area (Å²) in [6.45, 7) is 2.12. The van der Waals surface area contributed by atoms with Crippen molar-refractivity contribution in [2.45, 2.75) is 25.4 Å². The van der Waals surface area contributed by atoms with Crippen LogP contribution in [0.5, 0.6) is 0 Å². The Bertz CT molecular complexity index is 355. The molecule has 1 saturated heterocycles. The number of nitriles is 1. The van der Waals surface area contributed by atoms with Crippen LogP contribution < -0.4 is 5.73 Å². The molecule has 1 fully saturated rings. The summed E-state index contributed by atoms with van der Waals surface area (Å²) in [5, 5.41) is 8.44. The number of nitrogens with zero attached hydrogens (tertiary/aromatic N) is 2. The Morgan fingerprint density at radius 1 is 1.41 bits per heavy atom. The van der Waals surface area contributed by atoms with E-state index in [1.165, 1.54) is 4.31 Å². The minimum absolute atomic E-state index is 0.120. The lowest BCUT2D eigenvalue weighted by molar-refractivity contribution is 0.0209.